The highest BCUT2D eigenvalue weighted by Crippen LogP contribution is 2.21. The van der Waals surface area contributed by atoms with Gasteiger partial charge in [0.2, 0.25) is 0 Å². The number of ether oxygens (including phenoxy) is 1. The Balaban J connectivity index is 1.74. The first kappa shape index (κ1) is 17.5. The second-order valence-corrected chi connectivity index (χ2v) is 6.99. The van der Waals surface area contributed by atoms with Crippen LogP contribution in [0.1, 0.15) is 52.9 Å². The molecule has 1 N–H and O–H groups in total. The van der Waals surface area contributed by atoms with E-state index in [-0.39, 0.29) is 11.6 Å². The number of nitrogens with zero attached hydrogens (tertiary/aromatic N) is 2. The van der Waals surface area contributed by atoms with Crippen LogP contribution in [0, 0.1) is 0 Å². The molecule has 0 bridgehead atoms. The zero-order valence-corrected chi connectivity index (χ0v) is 14.6. The monoisotopic (exact) mass is 311 g/mol. The molecule has 0 unspecified atom stereocenters. The number of carbonyl (C=O) groups excluding carboxylic acids is 1. The van der Waals surface area contributed by atoms with Gasteiger partial charge in [0.15, 0.2) is 0 Å². The summed E-state index contributed by atoms with van der Waals surface area (Å²) in [6.45, 7) is 11.9. The molecule has 0 saturated carbocycles. The molecule has 0 aliphatic carbocycles. The maximum atomic E-state index is 12.5. The van der Waals surface area contributed by atoms with E-state index in [9.17, 15) is 4.79 Å². The van der Waals surface area contributed by atoms with Gasteiger partial charge in [-0.05, 0) is 39.2 Å². The van der Waals surface area contributed by atoms with Crippen LogP contribution in [-0.2, 0) is 4.74 Å². The molecule has 2 amide bonds. The minimum atomic E-state index is -0.181. The van der Waals surface area contributed by atoms with Crippen molar-refractivity contribution in [2.75, 3.05) is 39.3 Å². The first-order chi connectivity index (χ1) is 10.6. The summed E-state index contributed by atoms with van der Waals surface area (Å²) >= 11 is 0. The predicted molar refractivity (Wildman–Crippen MR) is 89.1 cm³/mol. The van der Waals surface area contributed by atoms with Gasteiger partial charge in [-0.2, -0.15) is 0 Å². The lowest BCUT2D eigenvalue weighted by Gasteiger charge is -2.41. The van der Waals surface area contributed by atoms with Crippen LogP contribution < -0.4 is 5.32 Å². The minimum absolute atomic E-state index is 0.0926. The number of likely N-dealkylation sites (tertiary alicyclic amines) is 1. The van der Waals surface area contributed by atoms with Gasteiger partial charge in [-0.1, -0.05) is 20.3 Å². The van der Waals surface area contributed by atoms with Crippen molar-refractivity contribution >= 4 is 6.03 Å². The van der Waals surface area contributed by atoms with E-state index in [1.807, 2.05) is 4.90 Å². The van der Waals surface area contributed by atoms with Gasteiger partial charge in [-0.25, -0.2) is 4.79 Å². The van der Waals surface area contributed by atoms with E-state index in [4.69, 9.17) is 4.74 Å². The van der Waals surface area contributed by atoms with Crippen LogP contribution in [0.2, 0.25) is 0 Å². The number of unbranched alkanes of at least 4 members (excludes halogenated alkanes) is 1. The lowest BCUT2D eigenvalue weighted by molar-refractivity contribution is -0.0875. The van der Waals surface area contributed by atoms with Crippen molar-refractivity contribution in [1.29, 1.82) is 0 Å². The molecule has 1 atom stereocenters. The SMILES string of the molecule is CCCCN1CCC(NC(=O)N2CCO[C@@](C)(CC)C2)CC1. The molecule has 0 radical (unpaired) electrons. The Morgan fingerprint density at radius 2 is 2.00 bits per heavy atom. The number of nitrogens with one attached hydrogen (secondary N) is 1. The van der Waals surface area contributed by atoms with Crippen molar-refractivity contribution in [3.8, 4) is 0 Å². The Kier molecular flexibility index (Phi) is 6.50. The van der Waals surface area contributed by atoms with Gasteiger partial charge in [0, 0.05) is 25.7 Å². The highest BCUT2D eigenvalue weighted by Gasteiger charge is 2.33. The van der Waals surface area contributed by atoms with Crippen molar-refractivity contribution in [3.63, 3.8) is 0 Å². The van der Waals surface area contributed by atoms with Crippen molar-refractivity contribution < 1.29 is 9.53 Å². The standard InChI is InChI=1S/C17H33N3O2/c1-4-6-9-19-10-7-15(8-11-19)18-16(21)20-12-13-22-17(3,5-2)14-20/h15H,4-14H2,1-3H3,(H,18,21)/t17-/m0/s1. The second-order valence-electron chi connectivity index (χ2n) is 6.99. The van der Waals surface area contributed by atoms with Crippen molar-refractivity contribution in [2.24, 2.45) is 0 Å². The molecule has 0 aromatic carbocycles. The molecule has 22 heavy (non-hydrogen) atoms. The summed E-state index contributed by atoms with van der Waals surface area (Å²) in [7, 11) is 0. The molecule has 0 spiro atoms. The fraction of sp³-hybridized carbons (Fsp3) is 0.941. The molecular weight excluding hydrogens is 278 g/mol. The summed E-state index contributed by atoms with van der Waals surface area (Å²) in [5.41, 5.74) is -0.181. The van der Waals surface area contributed by atoms with Crippen LogP contribution in [0.15, 0.2) is 0 Å². The maximum absolute atomic E-state index is 12.5. The number of carbonyl (C=O) groups is 1. The molecule has 0 aromatic heterocycles. The predicted octanol–water partition coefficient (Wildman–Crippen LogP) is 2.46. The maximum Gasteiger partial charge on any atom is 0.317 e. The Hall–Kier alpha value is -0.810. The fourth-order valence-electron chi connectivity index (χ4n) is 3.27. The summed E-state index contributed by atoms with van der Waals surface area (Å²) < 4.78 is 5.81. The lowest BCUT2D eigenvalue weighted by atomic mass is 10.0. The van der Waals surface area contributed by atoms with E-state index >= 15 is 0 Å². The summed E-state index contributed by atoms with van der Waals surface area (Å²) in [6, 6.07) is 0.427. The topological polar surface area (TPSA) is 44.8 Å². The van der Waals surface area contributed by atoms with Crippen molar-refractivity contribution in [2.45, 2.75) is 64.5 Å². The van der Waals surface area contributed by atoms with Gasteiger partial charge in [-0.3, -0.25) is 0 Å². The van der Waals surface area contributed by atoms with Crippen LogP contribution in [0.5, 0.6) is 0 Å². The molecule has 128 valence electrons. The summed E-state index contributed by atoms with van der Waals surface area (Å²) in [5, 5.41) is 3.23. The number of morpholine rings is 1. The molecule has 2 fully saturated rings. The second kappa shape index (κ2) is 8.16. The van der Waals surface area contributed by atoms with Crippen LogP contribution >= 0.6 is 0 Å². The Morgan fingerprint density at radius 1 is 1.27 bits per heavy atom. The third kappa shape index (κ3) is 4.85. The Morgan fingerprint density at radius 3 is 2.64 bits per heavy atom. The van der Waals surface area contributed by atoms with Gasteiger partial charge in [-0.15, -0.1) is 0 Å². The average molecular weight is 311 g/mol. The van der Waals surface area contributed by atoms with Gasteiger partial charge in [0.05, 0.1) is 18.8 Å². The molecular formula is C17H33N3O2. The van der Waals surface area contributed by atoms with E-state index in [1.54, 1.807) is 0 Å². The van der Waals surface area contributed by atoms with E-state index in [0.717, 1.165) is 32.4 Å². The van der Waals surface area contributed by atoms with Gasteiger partial charge in [0.25, 0.3) is 0 Å². The lowest BCUT2D eigenvalue weighted by Crippen LogP contribution is -2.56. The third-order valence-electron chi connectivity index (χ3n) is 5.12. The van der Waals surface area contributed by atoms with Crippen molar-refractivity contribution in [1.82, 2.24) is 15.1 Å². The van der Waals surface area contributed by atoms with E-state index in [1.165, 1.54) is 19.4 Å². The first-order valence-corrected chi connectivity index (χ1v) is 8.98. The highest BCUT2D eigenvalue weighted by molar-refractivity contribution is 5.74. The molecule has 2 rings (SSSR count). The summed E-state index contributed by atoms with van der Waals surface area (Å²) in [5.74, 6) is 0. The molecule has 2 saturated heterocycles. The smallest absolute Gasteiger partial charge is 0.317 e. The van der Waals surface area contributed by atoms with Gasteiger partial charge < -0.3 is 19.9 Å². The molecule has 2 heterocycles. The van der Waals surface area contributed by atoms with Crippen molar-refractivity contribution in [3.05, 3.63) is 0 Å². The van der Waals surface area contributed by atoms with Gasteiger partial charge >= 0.3 is 6.03 Å². The van der Waals surface area contributed by atoms with Crippen LogP contribution in [0.4, 0.5) is 4.79 Å². The Labute approximate surface area is 135 Å². The molecule has 5 nitrogen and oxygen atoms in total. The molecule has 2 aliphatic heterocycles. The Bertz CT molecular complexity index is 356. The zero-order chi connectivity index (χ0) is 16.0. The van der Waals surface area contributed by atoms with Crippen LogP contribution in [0.25, 0.3) is 0 Å². The molecule has 2 aliphatic rings. The van der Waals surface area contributed by atoms with E-state index < -0.39 is 0 Å². The number of amides is 2. The number of rotatable bonds is 5. The molecule has 0 aromatic rings. The summed E-state index contributed by atoms with van der Waals surface area (Å²) in [6.07, 6.45) is 5.62. The quantitative estimate of drug-likeness (QED) is 0.848. The minimum Gasteiger partial charge on any atom is -0.372 e. The van der Waals surface area contributed by atoms with Crippen LogP contribution in [-0.4, -0.2) is 66.8 Å². The first-order valence-electron chi connectivity index (χ1n) is 8.98. The summed E-state index contributed by atoms with van der Waals surface area (Å²) in [4.78, 5) is 16.9. The fourth-order valence-corrected chi connectivity index (χ4v) is 3.27. The van der Waals surface area contributed by atoms with E-state index in [0.29, 0.717) is 25.7 Å². The number of hydrogen-bond donors (Lipinski definition) is 1. The van der Waals surface area contributed by atoms with Crippen LogP contribution in [0.3, 0.4) is 0 Å². The number of urea groups is 1. The van der Waals surface area contributed by atoms with E-state index in [2.05, 4.69) is 31.0 Å². The normalized spacial score (nSPS) is 27.9. The van der Waals surface area contributed by atoms with Gasteiger partial charge in [0.1, 0.15) is 0 Å². The third-order valence-corrected chi connectivity index (χ3v) is 5.12. The highest BCUT2D eigenvalue weighted by atomic mass is 16.5. The average Bonchev–Trinajstić information content (AvgIpc) is 2.54. The zero-order valence-electron chi connectivity index (χ0n) is 14.6. The number of piperidine rings is 1. The number of hydrogen-bond acceptors (Lipinski definition) is 3. The largest absolute Gasteiger partial charge is 0.372 e. The molecule has 5 heteroatoms.